The molecule has 424 valence electrons. The van der Waals surface area contributed by atoms with Crippen molar-refractivity contribution in [1.82, 2.24) is 9.36 Å². The first-order chi connectivity index (χ1) is 33.9. The molecule has 0 saturated heterocycles. The number of nitro benzene ring substituents is 6. The fourth-order valence-electron chi connectivity index (χ4n) is 6.11. The van der Waals surface area contributed by atoms with Crippen LogP contribution in [0.15, 0.2) is 51.1 Å². The highest BCUT2D eigenvalue weighted by atomic mass is 32.2. The van der Waals surface area contributed by atoms with E-state index in [1.807, 2.05) is 0 Å². The molecular weight excluding hydrogens is 1120 g/mol. The minimum absolute atomic E-state index is 0. The zero-order valence-electron chi connectivity index (χ0n) is 41.3. The second-order valence-corrected chi connectivity index (χ2v) is 19.0. The van der Waals surface area contributed by atoms with Crippen LogP contribution in [0.3, 0.4) is 0 Å². The quantitative estimate of drug-likeness (QED) is 0.0588. The van der Waals surface area contributed by atoms with E-state index in [0.29, 0.717) is 59.2 Å². The predicted octanol–water partition coefficient (Wildman–Crippen LogP) is 1.15. The number of aromatic nitrogens is 4. The van der Waals surface area contributed by atoms with Gasteiger partial charge in [-0.25, -0.2) is 25.3 Å². The summed E-state index contributed by atoms with van der Waals surface area (Å²) < 4.78 is 103. The van der Waals surface area contributed by atoms with Gasteiger partial charge in [-0.2, -0.15) is 9.36 Å². The van der Waals surface area contributed by atoms with E-state index in [-0.39, 0.29) is 48.9 Å². The van der Waals surface area contributed by atoms with Crippen molar-refractivity contribution in [2.75, 3.05) is 0 Å². The topological polar surface area (TPSA) is 599 Å². The van der Waals surface area contributed by atoms with Crippen molar-refractivity contribution in [1.29, 1.82) is 0 Å². The zero-order valence-corrected chi connectivity index (χ0v) is 43.8. The summed E-state index contributed by atoms with van der Waals surface area (Å²) in [5, 5.41) is 84.5. The lowest BCUT2D eigenvalue weighted by Gasteiger charge is -2.07. The largest absolute Gasteiger partial charge is 0.744 e. The molecule has 0 fully saturated rings. The molecule has 5 aromatic rings. The minimum atomic E-state index is -4.99. The molecule has 0 amide bonds. The molecule has 5 rings (SSSR count). The molecular formula is C35H44N12O27S3. The van der Waals surface area contributed by atoms with Crippen LogP contribution in [0, 0.1) is 129 Å². The highest BCUT2D eigenvalue weighted by Gasteiger charge is 2.31. The lowest BCUT2D eigenvalue weighted by atomic mass is 10.1. The van der Waals surface area contributed by atoms with Gasteiger partial charge in [-0.05, 0) is 34.6 Å². The second-order valence-electron chi connectivity index (χ2n) is 14.8. The Morgan fingerprint density at radius 1 is 0.377 bits per heavy atom. The Morgan fingerprint density at radius 3 is 0.610 bits per heavy atom. The molecule has 0 atom stereocenters. The van der Waals surface area contributed by atoms with E-state index in [1.54, 1.807) is 74.6 Å². The van der Waals surface area contributed by atoms with Gasteiger partial charge in [0.2, 0.25) is 0 Å². The molecule has 0 radical (unpaired) electrons. The molecule has 0 saturated carbocycles. The number of benzene rings is 3. The van der Waals surface area contributed by atoms with Crippen LogP contribution in [-0.2, 0) is 64.0 Å². The van der Waals surface area contributed by atoms with Crippen molar-refractivity contribution >= 4 is 75.9 Å². The van der Waals surface area contributed by atoms with Crippen LogP contribution in [-0.4, -0.2) is 93.1 Å². The van der Waals surface area contributed by atoms with Gasteiger partial charge in [-0.3, -0.25) is 80.9 Å². The van der Waals surface area contributed by atoms with Gasteiger partial charge in [0.25, 0.3) is 45.5 Å². The Labute approximate surface area is 430 Å². The van der Waals surface area contributed by atoms with Crippen molar-refractivity contribution in [3.05, 3.63) is 157 Å². The van der Waals surface area contributed by atoms with Crippen LogP contribution >= 0.6 is 0 Å². The monoisotopic (exact) mass is 1160 g/mol. The predicted molar refractivity (Wildman–Crippen MR) is 251 cm³/mol. The summed E-state index contributed by atoms with van der Waals surface area (Å²) in [6.45, 7) is 10.2. The van der Waals surface area contributed by atoms with Gasteiger partial charge in [-0.15, -0.1) is 9.36 Å². The lowest BCUT2D eigenvalue weighted by molar-refractivity contribution is -0.757. The summed E-state index contributed by atoms with van der Waals surface area (Å²) in [6.07, 6.45) is 0. The van der Waals surface area contributed by atoms with Crippen LogP contribution in [0.1, 0.15) is 39.5 Å². The maximum Gasteiger partial charge on any atom is 0.361 e. The van der Waals surface area contributed by atoms with Crippen molar-refractivity contribution in [3.63, 3.8) is 0 Å². The minimum Gasteiger partial charge on any atom is -0.744 e. The molecule has 5 N–H and O–H groups in total. The van der Waals surface area contributed by atoms with E-state index < -0.39 is 109 Å². The summed E-state index contributed by atoms with van der Waals surface area (Å²) >= 11 is 0. The smallest absolute Gasteiger partial charge is 0.361 e. The molecule has 3 aromatic carbocycles. The fraction of sp³-hybridized carbons (Fsp3) is 0.314. The fourth-order valence-corrected chi connectivity index (χ4v) is 7.65. The molecule has 2 heterocycles. The first kappa shape index (κ1) is 70.0. The summed E-state index contributed by atoms with van der Waals surface area (Å²) in [7, 11) is -7.77. The zero-order chi connectivity index (χ0) is 59.1. The molecule has 0 bridgehead atoms. The maximum atomic E-state index is 10.7. The van der Waals surface area contributed by atoms with Gasteiger partial charge >= 0.3 is 11.4 Å². The van der Waals surface area contributed by atoms with Crippen LogP contribution in [0.4, 0.5) is 45.5 Å². The van der Waals surface area contributed by atoms with Crippen molar-refractivity contribution in [2.24, 2.45) is 28.2 Å². The first-order valence-electron chi connectivity index (χ1n) is 19.4. The molecule has 39 nitrogen and oxygen atoms in total. The average molecular weight is 1160 g/mol. The Kier molecular flexibility index (Phi) is 24.0. The standard InChI is InChI=1S/2C7H12N3O2.3C7H6N2O7S.2H2O/c2*1-5-7(10(11)12)6(2)9(4)8(5)3;3*1-4-6(8(10)11)2-5(17(14,15)16)3-7(4)9(12)13;;/h2*1-4H3;3*2-3H,1H3,(H,14,15,16);2*1H2/q2*+1;;;;;/p-2. The highest BCUT2D eigenvalue weighted by Crippen LogP contribution is 2.33. The molecule has 42 heteroatoms. The van der Waals surface area contributed by atoms with Gasteiger partial charge in [0.1, 0.15) is 47.0 Å². The molecule has 77 heavy (non-hydrogen) atoms. The van der Waals surface area contributed by atoms with E-state index in [1.165, 1.54) is 0 Å². The molecule has 0 aliphatic rings. The summed E-state index contributed by atoms with van der Waals surface area (Å²) in [4.78, 5) is 74.9. The van der Waals surface area contributed by atoms with Crippen LogP contribution in [0.5, 0.6) is 0 Å². The van der Waals surface area contributed by atoms with Crippen LogP contribution < -0.4 is 9.36 Å². The maximum absolute atomic E-state index is 10.7. The Balaban J connectivity index is 0. The summed E-state index contributed by atoms with van der Waals surface area (Å²) in [6, 6.07) is 3.03. The normalized spacial score (nSPS) is 10.6. The van der Waals surface area contributed by atoms with Gasteiger partial charge < -0.3 is 24.6 Å². The molecule has 0 spiro atoms. The molecule has 0 unspecified atom stereocenters. The Bertz CT molecular complexity index is 3090. The van der Waals surface area contributed by atoms with Gasteiger partial charge in [0.15, 0.2) is 25.5 Å². The third-order valence-electron chi connectivity index (χ3n) is 10.6. The third kappa shape index (κ3) is 17.0. The SMILES string of the molecule is Cc1c([N+](=O)[O-])c(C)[n+](C)n1C.Cc1c([N+](=O)[O-])c(C)[n+](C)n1C.Cc1c([N+](=O)[O-])cc(S(=O)(=O)[O-])cc1[N+](=O)[O-].Cc1c([N+](=O)[O-])cc(S(=O)(=O)[O-])cc1[N+](=O)[O-].Cc1c([N+](=O)[O-])cc(S(=O)(=O)[O-])cc1[N+](=O)[O-].O.[OH3+]. The average Bonchev–Trinajstić information content (AvgIpc) is 3.58. The van der Waals surface area contributed by atoms with Crippen molar-refractivity contribution in [2.45, 2.75) is 63.2 Å². The van der Waals surface area contributed by atoms with E-state index >= 15 is 0 Å². The van der Waals surface area contributed by atoms with E-state index in [2.05, 4.69) is 0 Å². The molecule has 0 aliphatic carbocycles. The van der Waals surface area contributed by atoms with Crippen LogP contribution in [0.2, 0.25) is 0 Å². The lowest BCUT2D eigenvalue weighted by Crippen LogP contribution is -2.39. The van der Waals surface area contributed by atoms with Crippen LogP contribution in [0.25, 0.3) is 0 Å². The highest BCUT2D eigenvalue weighted by molar-refractivity contribution is 7.86. The summed E-state index contributed by atoms with van der Waals surface area (Å²) in [5.41, 5.74) is -2.50. The number of rotatable bonds is 11. The van der Waals surface area contributed by atoms with E-state index in [0.717, 1.165) is 20.8 Å². The Morgan fingerprint density at radius 2 is 0.532 bits per heavy atom. The number of nitro groups is 8. The van der Waals surface area contributed by atoms with Gasteiger partial charge in [-0.1, -0.05) is 0 Å². The number of hydrogen-bond donors (Lipinski definition) is 0. The molecule has 0 aliphatic heterocycles. The van der Waals surface area contributed by atoms with E-state index in [4.69, 9.17) is 0 Å². The number of hydrogen-bond acceptors (Lipinski definition) is 25. The summed E-state index contributed by atoms with van der Waals surface area (Å²) in [5.74, 6) is 0. The molecule has 2 aromatic heterocycles. The van der Waals surface area contributed by atoms with Crippen molar-refractivity contribution in [3.8, 4) is 0 Å². The third-order valence-corrected chi connectivity index (χ3v) is 13.0. The number of nitrogens with zero attached hydrogens (tertiary/aromatic N) is 12. The second kappa shape index (κ2) is 26.4. The first-order valence-corrected chi connectivity index (χ1v) is 23.6. The Hall–Kier alpha value is -9.07. The van der Waals surface area contributed by atoms with E-state index in [9.17, 15) is 120 Å². The van der Waals surface area contributed by atoms with Crippen molar-refractivity contribution < 1.29 is 98.6 Å². The van der Waals surface area contributed by atoms with Gasteiger partial charge in [0, 0.05) is 50.2 Å². The van der Waals surface area contributed by atoms with Gasteiger partial charge in [0.05, 0.1) is 68.2 Å².